The monoisotopic (exact) mass is 334 g/mol. The number of nitrogens with one attached hydrogen (secondary N) is 2. The second-order valence-electron chi connectivity index (χ2n) is 5.89. The molecule has 3 rings (SSSR count). The van der Waals surface area contributed by atoms with E-state index in [9.17, 15) is 4.79 Å². The molecular formula is C15H22N6OS. The maximum atomic E-state index is 12.2. The maximum Gasteiger partial charge on any atom is 0.243 e. The molecule has 0 saturated heterocycles. The Morgan fingerprint density at radius 3 is 2.91 bits per heavy atom. The van der Waals surface area contributed by atoms with Gasteiger partial charge >= 0.3 is 0 Å². The van der Waals surface area contributed by atoms with Gasteiger partial charge in [0.1, 0.15) is 11.6 Å². The van der Waals surface area contributed by atoms with Gasteiger partial charge in [0.25, 0.3) is 0 Å². The highest BCUT2D eigenvalue weighted by molar-refractivity contribution is 7.15. The van der Waals surface area contributed by atoms with Gasteiger partial charge in [-0.2, -0.15) is 0 Å². The lowest BCUT2D eigenvalue weighted by Gasteiger charge is -2.16. The molecule has 124 valence electrons. The number of hydrogen-bond donors (Lipinski definition) is 2. The summed E-state index contributed by atoms with van der Waals surface area (Å²) in [5.41, 5.74) is 0.959. The van der Waals surface area contributed by atoms with E-state index in [1.54, 1.807) is 0 Å². The third-order valence-corrected chi connectivity index (χ3v) is 5.14. The molecule has 0 unspecified atom stereocenters. The van der Waals surface area contributed by atoms with E-state index in [1.807, 2.05) is 20.8 Å². The van der Waals surface area contributed by atoms with E-state index < -0.39 is 0 Å². The molecule has 0 bridgehead atoms. The molecule has 0 aromatic carbocycles. The zero-order valence-electron chi connectivity index (χ0n) is 13.7. The fraction of sp³-hybridized carbons (Fsp3) is 0.600. The second kappa shape index (κ2) is 6.76. The smallest absolute Gasteiger partial charge is 0.243 e. The van der Waals surface area contributed by atoms with Gasteiger partial charge in [0.05, 0.1) is 18.3 Å². The normalized spacial score (nSPS) is 15.3. The number of carbonyl (C=O) groups excluding carboxylic acids is 1. The van der Waals surface area contributed by atoms with Crippen LogP contribution in [0.5, 0.6) is 0 Å². The van der Waals surface area contributed by atoms with Crippen LogP contribution in [0, 0.1) is 13.8 Å². The number of nitrogens with zero attached hydrogens (tertiary/aromatic N) is 4. The van der Waals surface area contributed by atoms with Gasteiger partial charge in [0.2, 0.25) is 5.91 Å². The van der Waals surface area contributed by atoms with Crippen LogP contribution in [0.4, 0.5) is 5.13 Å². The van der Waals surface area contributed by atoms with Crippen LogP contribution in [0.15, 0.2) is 0 Å². The number of fused-ring (bicyclic) bond motifs is 1. The SMILES string of the molecule is Cc1nc(NC(=O)[C@H](C)NCc2nnc3n2CCCC3)sc1C. The molecule has 7 nitrogen and oxygen atoms in total. The Hall–Kier alpha value is -1.80. The summed E-state index contributed by atoms with van der Waals surface area (Å²) in [6, 6.07) is -0.323. The van der Waals surface area contributed by atoms with Gasteiger partial charge in [-0.25, -0.2) is 4.98 Å². The van der Waals surface area contributed by atoms with Crippen LogP contribution in [-0.2, 0) is 24.3 Å². The molecule has 8 heteroatoms. The highest BCUT2D eigenvalue weighted by Crippen LogP contribution is 2.21. The summed E-state index contributed by atoms with van der Waals surface area (Å²) >= 11 is 1.50. The van der Waals surface area contributed by atoms with Crippen molar-refractivity contribution >= 4 is 22.4 Å². The molecule has 23 heavy (non-hydrogen) atoms. The molecule has 2 aromatic heterocycles. The Bertz CT molecular complexity index is 687. The van der Waals surface area contributed by atoms with Crippen LogP contribution in [0.25, 0.3) is 0 Å². The number of hydrogen-bond acceptors (Lipinski definition) is 6. The zero-order valence-corrected chi connectivity index (χ0v) is 14.5. The maximum absolute atomic E-state index is 12.2. The molecule has 3 heterocycles. The highest BCUT2D eigenvalue weighted by atomic mass is 32.1. The predicted molar refractivity (Wildman–Crippen MR) is 89.5 cm³/mol. The Labute approximate surface area is 139 Å². The predicted octanol–water partition coefficient (Wildman–Crippen LogP) is 1.80. The molecule has 0 saturated carbocycles. The molecule has 2 N–H and O–H groups in total. The summed E-state index contributed by atoms with van der Waals surface area (Å²) in [4.78, 5) is 17.7. The van der Waals surface area contributed by atoms with E-state index in [-0.39, 0.29) is 11.9 Å². The van der Waals surface area contributed by atoms with Gasteiger partial charge in [0, 0.05) is 17.8 Å². The van der Waals surface area contributed by atoms with Crippen LogP contribution < -0.4 is 10.6 Å². The molecule has 1 aliphatic rings. The third-order valence-electron chi connectivity index (χ3n) is 4.15. The molecule has 0 fully saturated rings. The van der Waals surface area contributed by atoms with Crippen LogP contribution in [-0.4, -0.2) is 31.7 Å². The average molecular weight is 334 g/mol. The number of rotatable bonds is 5. The van der Waals surface area contributed by atoms with Crippen molar-refractivity contribution in [1.82, 2.24) is 25.1 Å². The van der Waals surface area contributed by atoms with Crippen LogP contribution in [0.3, 0.4) is 0 Å². The average Bonchev–Trinajstić information content (AvgIpc) is 3.08. The van der Waals surface area contributed by atoms with Crippen molar-refractivity contribution in [1.29, 1.82) is 0 Å². The van der Waals surface area contributed by atoms with Crippen molar-refractivity contribution in [2.45, 2.75) is 59.2 Å². The van der Waals surface area contributed by atoms with E-state index >= 15 is 0 Å². The Morgan fingerprint density at radius 2 is 2.17 bits per heavy atom. The molecule has 0 spiro atoms. The molecule has 0 aliphatic carbocycles. The molecule has 1 amide bonds. The van der Waals surface area contributed by atoms with Gasteiger partial charge < -0.3 is 9.88 Å². The number of anilines is 1. The van der Waals surface area contributed by atoms with Crippen molar-refractivity contribution in [2.24, 2.45) is 0 Å². The Morgan fingerprint density at radius 1 is 1.35 bits per heavy atom. The van der Waals surface area contributed by atoms with Crippen LogP contribution >= 0.6 is 11.3 Å². The van der Waals surface area contributed by atoms with Crippen molar-refractivity contribution in [3.8, 4) is 0 Å². The first-order valence-corrected chi connectivity index (χ1v) is 8.75. The van der Waals surface area contributed by atoms with Crippen molar-refractivity contribution in [2.75, 3.05) is 5.32 Å². The minimum absolute atomic E-state index is 0.0860. The van der Waals surface area contributed by atoms with Crippen molar-refractivity contribution < 1.29 is 4.79 Å². The van der Waals surface area contributed by atoms with E-state index in [0.717, 1.165) is 41.6 Å². The highest BCUT2D eigenvalue weighted by Gasteiger charge is 2.18. The zero-order chi connectivity index (χ0) is 16.4. The van der Waals surface area contributed by atoms with E-state index in [1.165, 1.54) is 17.8 Å². The van der Waals surface area contributed by atoms with Gasteiger partial charge in [0.15, 0.2) is 5.13 Å². The topological polar surface area (TPSA) is 84.7 Å². The van der Waals surface area contributed by atoms with Crippen molar-refractivity contribution in [3.63, 3.8) is 0 Å². The lowest BCUT2D eigenvalue weighted by molar-refractivity contribution is -0.117. The summed E-state index contributed by atoms with van der Waals surface area (Å²) < 4.78 is 2.16. The summed E-state index contributed by atoms with van der Waals surface area (Å²) in [6.45, 7) is 7.29. The minimum Gasteiger partial charge on any atom is -0.314 e. The molecule has 2 aromatic rings. The fourth-order valence-electron chi connectivity index (χ4n) is 2.58. The van der Waals surface area contributed by atoms with E-state index in [4.69, 9.17) is 0 Å². The van der Waals surface area contributed by atoms with Crippen molar-refractivity contribution in [3.05, 3.63) is 22.2 Å². The molecule has 1 atom stereocenters. The minimum atomic E-state index is -0.323. The third kappa shape index (κ3) is 3.59. The van der Waals surface area contributed by atoms with Crippen LogP contribution in [0.2, 0.25) is 0 Å². The number of aromatic nitrogens is 4. The van der Waals surface area contributed by atoms with Gasteiger partial charge in [-0.1, -0.05) is 0 Å². The summed E-state index contributed by atoms with van der Waals surface area (Å²) in [7, 11) is 0. The fourth-order valence-corrected chi connectivity index (χ4v) is 3.39. The van der Waals surface area contributed by atoms with E-state index in [2.05, 4.69) is 30.4 Å². The quantitative estimate of drug-likeness (QED) is 0.871. The molecule has 0 radical (unpaired) electrons. The summed E-state index contributed by atoms with van der Waals surface area (Å²) in [5, 5.41) is 15.2. The molecular weight excluding hydrogens is 312 g/mol. The second-order valence-corrected chi connectivity index (χ2v) is 7.10. The van der Waals surface area contributed by atoms with Crippen LogP contribution in [0.1, 0.15) is 42.0 Å². The number of thiazole rings is 1. The van der Waals surface area contributed by atoms with E-state index in [0.29, 0.717) is 11.7 Å². The number of aryl methyl sites for hydroxylation is 3. The largest absolute Gasteiger partial charge is 0.314 e. The van der Waals surface area contributed by atoms with Gasteiger partial charge in [-0.3, -0.25) is 10.1 Å². The first-order valence-electron chi connectivity index (χ1n) is 7.94. The first-order chi connectivity index (χ1) is 11.0. The Kier molecular flexibility index (Phi) is 4.72. The lowest BCUT2D eigenvalue weighted by Crippen LogP contribution is -2.38. The van der Waals surface area contributed by atoms with Gasteiger partial charge in [-0.05, 0) is 33.6 Å². The summed E-state index contributed by atoms with van der Waals surface area (Å²) in [5.74, 6) is 1.87. The number of amides is 1. The molecule has 1 aliphatic heterocycles. The van der Waals surface area contributed by atoms with Gasteiger partial charge in [-0.15, -0.1) is 21.5 Å². The summed E-state index contributed by atoms with van der Waals surface area (Å²) in [6.07, 6.45) is 3.33. The lowest BCUT2D eigenvalue weighted by atomic mass is 10.1. The first kappa shape index (κ1) is 16.1. The standard InChI is InChI=1S/C15H22N6OS/c1-9-11(3)23-15(17-9)18-14(22)10(2)16-8-13-20-19-12-6-4-5-7-21(12)13/h10,16H,4-8H2,1-3H3,(H,17,18,22)/t10-/m0/s1. The Balaban J connectivity index is 1.55. The number of carbonyl (C=O) groups is 1.